The molecule has 3 aliphatic rings. The number of carbonyl (C=O) groups excluding carboxylic acids is 2. The van der Waals surface area contributed by atoms with Crippen molar-refractivity contribution < 1.29 is 14.3 Å². The lowest BCUT2D eigenvalue weighted by molar-refractivity contribution is -0.151. The van der Waals surface area contributed by atoms with E-state index in [0.29, 0.717) is 18.8 Å². The van der Waals surface area contributed by atoms with Gasteiger partial charge in [-0.25, -0.2) is 0 Å². The average molecular weight is 288 g/mol. The first-order valence-electron chi connectivity index (χ1n) is 7.93. The van der Waals surface area contributed by atoms with Gasteiger partial charge in [-0.15, -0.1) is 6.58 Å². The molecule has 0 N–H and O–H groups in total. The molecule has 0 spiro atoms. The number of ketones is 1. The highest BCUT2D eigenvalue weighted by Crippen LogP contribution is 2.56. The summed E-state index contributed by atoms with van der Waals surface area (Å²) in [6.45, 7) is 9.98. The second kappa shape index (κ2) is 4.56. The van der Waals surface area contributed by atoms with Crippen LogP contribution in [0.3, 0.4) is 0 Å². The molecule has 0 aromatic heterocycles. The molecule has 1 saturated heterocycles. The number of rotatable bonds is 2. The Bertz CT molecular complexity index is 559. The molecule has 2 unspecified atom stereocenters. The van der Waals surface area contributed by atoms with Gasteiger partial charge in [0.05, 0.1) is 5.41 Å². The molecule has 0 aromatic carbocycles. The van der Waals surface area contributed by atoms with Crippen LogP contribution in [0, 0.1) is 16.7 Å². The minimum absolute atomic E-state index is 0.200. The molecular weight excluding hydrogens is 264 g/mol. The maximum absolute atomic E-state index is 12.4. The summed E-state index contributed by atoms with van der Waals surface area (Å²) in [6, 6.07) is 0. The Morgan fingerprint density at radius 1 is 1.24 bits per heavy atom. The lowest BCUT2D eigenvalue weighted by atomic mass is 9.60. The molecule has 114 valence electrons. The quantitative estimate of drug-likeness (QED) is 0.576. The molecule has 3 nitrogen and oxygen atoms in total. The van der Waals surface area contributed by atoms with Gasteiger partial charge in [0.15, 0.2) is 5.78 Å². The Balaban J connectivity index is 2.03. The molecule has 1 fully saturated rings. The van der Waals surface area contributed by atoms with Crippen molar-refractivity contribution in [3.8, 4) is 0 Å². The van der Waals surface area contributed by atoms with Crippen LogP contribution in [-0.2, 0) is 14.3 Å². The van der Waals surface area contributed by atoms with Crippen LogP contribution in [0.1, 0.15) is 52.9 Å². The molecule has 0 bridgehead atoms. The first-order valence-corrected chi connectivity index (χ1v) is 7.93. The molecule has 1 heterocycles. The summed E-state index contributed by atoms with van der Waals surface area (Å²) in [6.07, 6.45) is 5.73. The summed E-state index contributed by atoms with van der Waals surface area (Å²) in [5.74, 6) is 0.416. The molecule has 0 amide bonds. The van der Waals surface area contributed by atoms with E-state index in [0.717, 1.165) is 24.8 Å². The van der Waals surface area contributed by atoms with Crippen molar-refractivity contribution >= 4 is 11.8 Å². The minimum atomic E-state index is -0.618. The van der Waals surface area contributed by atoms with Crippen LogP contribution in [0.4, 0.5) is 0 Å². The van der Waals surface area contributed by atoms with E-state index in [1.54, 1.807) is 6.08 Å². The zero-order valence-electron chi connectivity index (χ0n) is 13.2. The highest BCUT2D eigenvalue weighted by Gasteiger charge is 2.56. The summed E-state index contributed by atoms with van der Waals surface area (Å²) in [7, 11) is 0. The highest BCUT2D eigenvalue weighted by molar-refractivity contribution is 6.00. The molecule has 3 rings (SSSR count). The van der Waals surface area contributed by atoms with E-state index in [4.69, 9.17) is 4.74 Å². The van der Waals surface area contributed by atoms with E-state index in [2.05, 4.69) is 20.4 Å². The van der Waals surface area contributed by atoms with Crippen molar-refractivity contribution in [2.75, 3.05) is 0 Å². The first kappa shape index (κ1) is 14.6. The Morgan fingerprint density at radius 3 is 2.57 bits per heavy atom. The topological polar surface area (TPSA) is 43.4 Å². The fourth-order valence-corrected chi connectivity index (χ4v) is 4.33. The van der Waals surface area contributed by atoms with E-state index in [-0.39, 0.29) is 23.3 Å². The number of cyclic esters (lactones) is 1. The number of Topliss-reactive ketones (excluding diaryl/α,β-unsaturated/α-hetero) is 1. The number of allylic oxidation sites excluding steroid dienone is 1. The largest absolute Gasteiger partial charge is 0.461 e. The van der Waals surface area contributed by atoms with Gasteiger partial charge in [-0.05, 0) is 32.1 Å². The van der Waals surface area contributed by atoms with Crippen LogP contribution in [-0.4, -0.2) is 17.9 Å². The predicted molar refractivity (Wildman–Crippen MR) is 80.6 cm³/mol. The first-order chi connectivity index (χ1) is 9.83. The summed E-state index contributed by atoms with van der Waals surface area (Å²) in [5.41, 5.74) is 1.33. The molecule has 0 aromatic rings. The number of carbonyl (C=O) groups is 2. The summed E-state index contributed by atoms with van der Waals surface area (Å²) < 4.78 is 5.74. The zero-order chi connectivity index (χ0) is 15.4. The van der Waals surface area contributed by atoms with Crippen molar-refractivity contribution in [1.82, 2.24) is 0 Å². The molecule has 21 heavy (non-hydrogen) atoms. The molecule has 0 saturated carbocycles. The Hall–Kier alpha value is -1.38. The number of hydrogen-bond donors (Lipinski definition) is 0. The summed E-state index contributed by atoms with van der Waals surface area (Å²) in [4.78, 5) is 24.6. The number of hydrogen-bond acceptors (Lipinski definition) is 3. The number of ether oxygens (including phenoxy) is 1. The third kappa shape index (κ3) is 1.86. The lowest BCUT2D eigenvalue weighted by Crippen LogP contribution is -2.43. The summed E-state index contributed by atoms with van der Waals surface area (Å²) in [5, 5.41) is 0. The molecule has 1 aliphatic heterocycles. The molecule has 2 aliphatic carbocycles. The van der Waals surface area contributed by atoms with Crippen LogP contribution in [0.2, 0.25) is 0 Å². The third-order valence-corrected chi connectivity index (χ3v) is 6.17. The monoisotopic (exact) mass is 288 g/mol. The van der Waals surface area contributed by atoms with Crippen molar-refractivity contribution in [1.29, 1.82) is 0 Å². The summed E-state index contributed by atoms with van der Waals surface area (Å²) >= 11 is 0. The molecule has 0 radical (unpaired) electrons. The Kier molecular flexibility index (Phi) is 3.16. The van der Waals surface area contributed by atoms with Crippen LogP contribution >= 0.6 is 0 Å². The van der Waals surface area contributed by atoms with Crippen LogP contribution in [0.5, 0.6) is 0 Å². The maximum atomic E-state index is 12.4. The fourth-order valence-electron chi connectivity index (χ4n) is 4.33. The molecule has 4 atom stereocenters. The van der Waals surface area contributed by atoms with Gasteiger partial charge in [0.1, 0.15) is 6.10 Å². The van der Waals surface area contributed by atoms with Gasteiger partial charge >= 0.3 is 5.97 Å². The second-order valence-electron chi connectivity index (χ2n) is 7.34. The highest BCUT2D eigenvalue weighted by atomic mass is 16.6. The van der Waals surface area contributed by atoms with Gasteiger partial charge in [0.25, 0.3) is 0 Å². The fraction of sp³-hybridized carbons (Fsp3) is 0.667. The van der Waals surface area contributed by atoms with Gasteiger partial charge < -0.3 is 4.74 Å². The van der Waals surface area contributed by atoms with Crippen molar-refractivity contribution in [2.45, 2.75) is 59.0 Å². The lowest BCUT2D eigenvalue weighted by Gasteiger charge is -2.44. The van der Waals surface area contributed by atoms with E-state index >= 15 is 0 Å². The predicted octanol–water partition coefficient (Wildman–Crippen LogP) is 3.59. The van der Waals surface area contributed by atoms with E-state index < -0.39 is 5.41 Å². The number of esters is 1. The normalized spacial score (nSPS) is 43.0. The van der Waals surface area contributed by atoms with Gasteiger partial charge in [0.2, 0.25) is 0 Å². The van der Waals surface area contributed by atoms with Crippen LogP contribution < -0.4 is 0 Å². The third-order valence-electron chi connectivity index (χ3n) is 6.17. The smallest absolute Gasteiger partial charge is 0.316 e. The van der Waals surface area contributed by atoms with Gasteiger partial charge in [-0.2, -0.15) is 0 Å². The van der Waals surface area contributed by atoms with Crippen LogP contribution in [0.25, 0.3) is 0 Å². The van der Waals surface area contributed by atoms with E-state index in [9.17, 15) is 9.59 Å². The minimum Gasteiger partial charge on any atom is -0.461 e. The molecular formula is C18H24O3. The standard InChI is InChI=1S/C18H24O3/c1-5-17(3)10-14(21-16(17)20)18(4)11(2)6-7-12-8-9-13(19)15(12)18/h5,11,14H,1,6-10H2,2-4H3/t11?,14-,17-,18?/m1/s1. The average Bonchev–Trinajstić information content (AvgIpc) is 2.97. The molecule has 3 heteroatoms. The second-order valence-corrected chi connectivity index (χ2v) is 7.34. The van der Waals surface area contributed by atoms with Crippen LogP contribution in [0.15, 0.2) is 23.8 Å². The van der Waals surface area contributed by atoms with Crippen molar-refractivity contribution in [2.24, 2.45) is 16.7 Å². The Labute approximate surface area is 126 Å². The van der Waals surface area contributed by atoms with E-state index in [1.807, 2.05) is 6.92 Å². The van der Waals surface area contributed by atoms with Crippen molar-refractivity contribution in [3.63, 3.8) is 0 Å². The van der Waals surface area contributed by atoms with E-state index in [1.165, 1.54) is 5.57 Å². The van der Waals surface area contributed by atoms with Gasteiger partial charge in [-0.1, -0.05) is 25.5 Å². The zero-order valence-corrected chi connectivity index (χ0v) is 13.2. The van der Waals surface area contributed by atoms with Crippen molar-refractivity contribution in [3.05, 3.63) is 23.8 Å². The SMILES string of the molecule is C=C[C@]1(C)C[C@H](C2(C)C3=C(CCC3=O)CCC2C)OC1=O. The Morgan fingerprint density at radius 2 is 1.95 bits per heavy atom. The van der Waals surface area contributed by atoms with Gasteiger partial charge in [0, 0.05) is 23.8 Å². The maximum Gasteiger partial charge on any atom is 0.316 e. The van der Waals surface area contributed by atoms with Gasteiger partial charge in [-0.3, -0.25) is 9.59 Å².